The number of rotatable bonds is 3. The Morgan fingerprint density at radius 1 is 0.920 bits per heavy atom. The van der Waals surface area contributed by atoms with Crippen molar-refractivity contribution in [2.45, 2.75) is 6.42 Å². The molecule has 25 heavy (non-hydrogen) atoms. The standard InChI is InChI=1S/C19H15NO5/c1-21-15-8-19-17(23-10-25-19)6-12(15)4-14-13-7-18-16(22-9-24-18)5-11(13)2-3-20-14/h2-3,5-8H,4,9-10H2,1H3. The maximum Gasteiger partial charge on any atom is 0.231 e. The molecule has 0 fully saturated rings. The number of methoxy groups -OCH3 is 1. The summed E-state index contributed by atoms with van der Waals surface area (Å²) in [5.41, 5.74) is 1.93. The molecule has 3 aromatic rings. The Morgan fingerprint density at radius 2 is 1.60 bits per heavy atom. The zero-order valence-electron chi connectivity index (χ0n) is 13.6. The summed E-state index contributed by atoms with van der Waals surface area (Å²) in [4.78, 5) is 4.57. The third-order valence-corrected chi connectivity index (χ3v) is 4.47. The molecule has 5 rings (SSSR count). The van der Waals surface area contributed by atoms with Crippen molar-refractivity contribution in [3.8, 4) is 28.7 Å². The summed E-state index contributed by atoms with van der Waals surface area (Å²) in [6.45, 7) is 0.488. The van der Waals surface area contributed by atoms with Gasteiger partial charge in [-0.2, -0.15) is 0 Å². The van der Waals surface area contributed by atoms with E-state index in [4.69, 9.17) is 23.7 Å². The van der Waals surface area contributed by atoms with Crippen molar-refractivity contribution in [3.05, 3.63) is 47.8 Å². The van der Waals surface area contributed by atoms with Crippen LogP contribution in [0.4, 0.5) is 0 Å². The lowest BCUT2D eigenvalue weighted by atomic mass is 10.0. The highest BCUT2D eigenvalue weighted by molar-refractivity contribution is 5.88. The lowest BCUT2D eigenvalue weighted by Crippen LogP contribution is -1.97. The number of nitrogens with zero attached hydrogens (tertiary/aromatic N) is 1. The predicted octanol–water partition coefficient (Wildman–Crippen LogP) is 3.29. The van der Waals surface area contributed by atoms with Gasteiger partial charge in [0.05, 0.1) is 12.8 Å². The first-order chi connectivity index (χ1) is 12.3. The van der Waals surface area contributed by atoms with E-state index in [1.807, 2.05) is 30.3 Å². The first-order valence-electron chi connectivity index (χ1n) is 7.95. The van der Waals surface area contributed by atoms with Gasteiger partial charge < -0.3 is 23.7 Å². The maximum atomic E-state index is 5.52. The van der Waals surface area contributed by atoms with Crippen LogP contribution in [0.25, 0.3) is 10.8 Å². The Balaban J connectivity index is 1.61. The molecule has 2 aromatic carbocycles. The Bertz CT molecular complexity index is 985. The first-order valence-corrected chi connectivity index (χ1v) is 7.95. The normalized spacial score (nSPS) is 14.1. The van der Waals surface area contributed by atoms with Crippen LogP contribution in [0.1, 0.15) is 11.3 Å². The van der Waals surface area contributed by atoms with Crippen LogP contribution >= 0.6 is 0 Å². The van der Waals surface area contributed by atoms with E-state index in [0.717, 1.165) is 45.0 Å². The van der Waals surface area contributed by atoms with E-state index in [1.165, 1.54) is 0 Å². The highest BCUT2D eigenvalue weighted by atomic mass is 16.7. The molecule has 2 aliphatic rings. The molecule has 3 heterocycles. The van der Waals surface area contributed by atoms with Gasteiger partial charge in [0, 0.05) is 29.6 Å². The molecule has 0 atom stereocenters. The third kappa shape index (κ3) is 2.29. The van der Waals surface area contributed by atoms with Crippen LogP contribution in [0, 0.1) is 0 Å². The second-order valence-corrected chi connectivity index (χ2v) is 5.88. The Kier molecular flexibility index (Phi) is 3.09. The van der Waals surface area contributed by atoms with Crippen molar-refractivity contribution >= 4 is 10.8 Å². The van der Waals surface area contributed by atoms with Gasteiger partial charge >= 0.3 is 0 Å². The van der Waals surface area contributed by atoms with Crippen molar-refractivity contribution in [1.82, 2.24) is 4.98 Å². The summed E-state index contributed by atoms with van der Waals surface area (Å²) < 4.78 is 27.4. The van der Waals surface area contributed by atoms with Crippen molar-refractivity contribution in [1.29, 1.82) is 0 Å². The van der Waals surface area contributed by atoms with Gasteiger partial charge in [0.1, 0.15) is 5.75 Å². The van der Waals surface area contributed by atoms with Crippen molar-refractivity contribution < 1.29 is 23.7 Å². The van der Waals surface area contributed by atoms with Crippen LogP contribution < -0.4 is 23.7 Å². The molecule has 126 valence electrons. The number of benzene rings is 2. The smallest absolute Gasteiger partial charge is 0.231 e. The molecule has 0 unspecified atom stereocenters. The number of hydrogen-bond donors (Lipinski definition) is 0. The molecule has 6 nitrogen and oxygen atoms in total. The molecule has 0 radical (unpaired) electrons. The molecule has 1 aromatic heterocycles. The predicted molar refractivity (Wildman–Crippen MR) is 89.8 cm³/mol. The largest absolute Gasteiger partial charge is 0.496 e. The highest BCUT2D eigenvalue weighted by Gasteiger charge is 2.20. The second kappa shape index (κ2) is 5.44. The van der Waals surface area contributed by atoms with E-state index in [-0.39, 0.29) is 13.6 Å². The summed E-state index contributed by atoms with van der Waals surface area (Å²) >= 11 is 0. The van der Waals surface area contributed by atoms with E-state index in [9.17, 15) is 0 Å². The van der Waals surface area contributed by atoms with Gasteiger partial charge in [-0.1, -0.05) is 0 Å². The Morgan fingerprint density at radius 3 is 2.36 bits per heavy atom. The monoisotopic (exact) mass is 337 g/mol. The first kappa shape index (κ1) is 14.2. The van der Waals surface area contributed by atoms with Gasteiger partial charge in [0.2, 0.25) is 13.6 Å². The molecular formula is C19H15NO5. The lowest BCUT2D eigenvalue weighted by Gasteiger charge is -2.11. The molecule has 0 spiro atoms. The zero-order valence-corrected chi connectivity index (χ0v) is 13.6. The van der Waals surface area contributed by atoms with Crippen molar-refractivity contribution in [2.24, 2.45) is 0 Å². The van der Waals surface area contributed by atoms with Crippen LogP contribution in [0.5, 0.6) is 28.7 Å². The number of ether oxygens (including phenoxy) is 5. The summed E-state index contributed by atoms with van der Waals surface area (Å²) in [6.07, 6.45) is 2.41. The Hall–Kier alpha value is -3.15. The number of aromatic nitrogens is 1. The maximum absolute atomic E-state index is 5.52. The summed E-state index contributed by atoms with van der Waals surface area (Å²) in [5.74, 6) is 3.71. The van der Waals surface area contributed by atoms with E-state index >= 15 is 0 Å². The average Bonchev–Trinajstić information content (AvgIpc) is 3.27. The molecule has 0 aliphatic carbocycles. The quantitative estimate of drug-likeness (QED) is 0.731. The fourth-order valence-electron chi connectivity index (χ4n) is 3.24. The SMILES string of the molecule is COc1cc2c(cc1Cc1nccc3cc4c(cc13)OCO4)OCO2. The van der Waals surface area contributed by atoms with E-state index in [1.54, 1.807) is 13.3 Å². The van der Waals surface area contributed by atoms with Gasteiger partial charge in [-0.05, 0) is 29.7 Å². The fraction of sp³-hybridized carbons (Fsp3) is 0.211. The zero-order chi connectivity index (χ0) is 16.8. The minimum Gasteiger partial charge on any atom is -0.496 e. The number of fused-ring (bicyclic) bond motifs is 3. The third-order valence-electron chi connectivity index (χ3n) is 4.47. The molecule has 0 saturated heterocycles. The highest BCUT2D eigenvalue weighted by Crippen LogP contribution is 2.40. The lowest BCUT2D eigenvalue weighted by molar-refractivity contribution is 0.173. The second-order valence-electron chi connectivity index (χ2n) is 5.88. The number of pyridine rings is 1. The van der Waals surface area contributed by atoms with Crippen LogP contribution in [0.15, 0.2) is 36.5 Å². The van der Waals surface area contributed by atoms with Crippen LogP contribution in [0.2, 0.25) is 0 Å². The number of hydrogen-bond acceptors (Lipinski definition) is 6. The van der Waals surface area contributed by atoms with Gasteiger partial charge in [0.25, 0.3) is 0 Å². The topological polar surface area (TPSA) is 59.0 Å². The van der Waals surface area contributed by atoms with Gasteiger partial charge in [-0.15, -0.1) is 0 Å². The molecular weight excluding hydrogens is 322 g/mol. The van der Waals surface area contributed by atoms with E-state index in [0.29, 0.717) is 12.2 Å². The molecule has 2 aliphatic heterocycles. The van der Waals surface area contributed by atoms with Crippen molar-refractivity contribution in [2.75, 3.05) is 20.7 Å². The van der Waals surface area contributed by atoms with E-state index in [2.05, 4.69) is 4.98 Å². The molecule has 0 amide bonds. The summed E-state index contributed by atoms with van der Waals surface area (Å²) in [6, 6.07) is 9.75. The van der Waals surface area contributed by atoms with Crippen molar-refractivity contribution in [3.63, 3.8) is 0 Å². The van der Waals surface area contributed by atoms with Crippen LogP contribution in [-0.4, -0.2) is 25.7 Å². The van der Waals surface area contributed by atoms with Crippen LogP contribution in [0.3, 0.4) is 0 Å². The van der Waals surface area contributed by atoms with E-state index < -0.39 is 0 Å². The van der Waals surface area contributed by atoms with Gasteiger partial charge in [0.15, 0.2) is 23.0 Å². The van der Waals surface area contributed by atoms with Crippen LogP contribution in [-0.2, 0) is 6.42 Å². The van der Waals surface area contributed by atoms with Gasteiger partial charge in [-0.25, -0.2) is 0 Å². The fourth-order valence-corrected chi connectivity index (χ4v) is 3.24. The minimum atomic E-state index is 0.234. The average molecular weight is 337 g/mol. The molecule has 6 heteroatoms. The van der Waals surface area contributed by atoms with Gasteiger partial charge in [-0.3, -0.25) is 4.98 Å². The molecule has 0 bridgehead atoms. The summed E-state index contributed by atoms with van der Waals surface area (Å²) in [5, 5.41) is 2.10. The Labute approximate surface area is 143 Å². The molecule has 0 saturated carbocycles. The molecule has 0 N–H and O–H groups in total. The minimum absolute atomic E-state index is 0.234. The summed E-state index contributed by atoms with van der Waals surface area (Å²) in [7, 11) is 1.65.